The number of ether oxygens (including phenoxy) is 2. The molecule has 2 rings (SSSR count). The van der Waals surface area contributed by atoms with Gasteiger partial charge in [-0.15, -0.1) is 0 Å². The molecule has 0 amide bonds. The minimum atomic E-state index is -0.783. The zero-order valence-corrected chi connectivity index (χ0v) is 14.8. The molecular weight excluding hydrogens is 326 g/mol. The van der Waals surface area contributed by atoms with Crippen LogP contribution in [0, 0.1) is 5.92 Å². The monoisotopic (exact) mass is 355 g/mol. The minimum absolute atomic E-state index is 0.0349. The van der Waals surface area contributed by atoms with E-state index in [1.165, 1.54) is 6.92 Å². The average molecular weight is 355 g/mol. The Bertz CT molecular complexity index is 474. The van der Waals surface area contributed by atoms with Crippen LogP contribution in [0.2, 0.25) is 0 Å². The molecule has 0 aromatic carbocycles. The second-order valence-corrected chi connectivity index (χ2v) is 6.75. The molecule has 1 saturated carbocycles. The lowest BCUT2D eigenvalue weighted by molar-refractivity contribution is -0.148. The number of unbranched alkanes of at least 4 members (excludes halogenated alkanes) is 1. The van der Waals surface area contributed by atoms with Gasteiger partial charge in [0.25, 0.3) is 0 Å². The van der Waals surface area contributed by atoms with Crippen molar-refractivity contribution in [2.75, 3.05) is 26.3 Å². The van der Waals surface area contributed by atoms with Crippen molar-refractivity contribution in [1.29, 1.82) is 0 Å². The summed E-state index contributed by atoms with van der Waals surface area (Å²) < 4.78 is 10.9. The van der Waals surface area contributed by atoms with E-state index in [0.29, 0.717) is 38.9 Å². The number of hydrogen-bond acceptors (Lipinski definition) is 6. The molecule has 2 aliphatic rings. The average Bonchev–Trinajstić information content (AvgIpc) is 2.86. The molecule has 7 heteroatoms. The molecule has 0 unspecified atom stereocenters. The number of morpholine rings is 1. The van der Waals surface area contributed by atoms with E-state index in [2.05, 4.69) is 4.90 Å². The number of aliphatic hydroxyl groups is 1. The van der Waals surface area contributed by atoms with Crippen molar-refractivity contribution in [3.8, 4) is 0 Å². The third-order valence-electron chi connectivity index (χ3n) is 4.91. The van der Waals surface area contributed by atoms with E-state index >= 15 is 0 Å². The lowest BCUT2D eigenvalue weighted by Gasteiger charge is -2.37. The Labute approximate surface area is 148 Å². The molecule has 7 nitrogen and oxygen atoms in total. The first-order valence-corrected chi connectivity index (χ1v) is 9.03. The lowest BCUT2D eigenvalue weighted by Crippen LogP contribution is -2.50. The van der Waals surface area contributed by atoms with Gasteiger partial charge in [-0.2, -0.15) is 0 Å². The molecule has 2 N–H and O–H groups in total. The van der Waals surface area contributed by atoms with E-state index in [0.717, 1.165) is 13.1 Å². The first-order valence-electron chi connectivity index (χ1n) is 9.03. The van der Waals surface area contributed by atoms with Crippen LogP contribution in [-0.4, -0.2) is 71.6 Å². The highest BCUT2D eigenvalue weighted by molar-refractivity contribution is 5.66. The van der Waals surface area contributed by atoms with E-state index in [4.69, 9.17) is 14.6 Å². The molecule has 4 atom stereocenters. The summed E-state index contributed by atoms with van der Waals surface area (Å²) >= 11 is 0. The van der Waals surface area contributed by atoms with Crippen molar-refractivity contribution in [3.63, 3.8) is 0 Å². The maximum atomic E-state index is 11.4. The summed E-state index contributed by atoms with van der Waals surface area (Å²) in [5.74, 6) is -1.07. The second-order valence-electron chi connectivity index (χ2n) is 6.75. The molecule has 2 fully saturated rings. The van der Waals surface area contributed by atoms with Gasteiger partial charge in [-0.3, -0.25) is 14.5 Å². The van der Waals surface area contributed by atoms with Gasteiger partial charge < -0.3 is 19.7 Å². The van der Waals surface area contributed by atoms with Crippen molar-refractivity contribution in [2.45, 2.75) is 57.3 Å². The van der Waals surface area contributed by atoms with Gasteiger partial charge in [0.05, 0.1) is 19.3 Å². The Morgan fingerprint density at radius 3 is 2.64 bits per heavy atom. The quantitative estimate of drug-likeness (QED) is 0.384. The van der Waals surface area contributed by atoms with E-state index in [9.17, 15) is 14.7 Å². The summed E-state index contributed by atoms with van der Waals surface area (Å²) in [4.78, 5) is 24.2. The molecule has 0 aromatic rings. The summed E-state index contributed by atoms with van der Waals surface area (Å²) in [6, 6.07) is -0.0445. The number of aliphatic hydroxyl groups excluding tert-OH is 1. The van der Waals surface area contributed by atoms with Crippen LogP contribution in [0.3, 0.4) is 0 Å². The fourth-order valence-electron chi connectivity index (χ4n) is 3.83. The SMILES string of the molecule is CC(=O)O[C@H]1C[C@@H](O)[C@H](N2CCOCC2)[C@H]1C/C=C\CCCC(=O)O. The summed E-state index contributed by atoms with van der Waals surface area (Å²) in [7, 11) is 0. The number of rotatable bonds is 8. The number of allylic oxidation sites excluding steroid dienone is 2. The van der Waals surface area contributed by atoms with Gasteiger partial charge in [0.1, 0.15) is 6.10 Å². The van der Waals surface area contributed by atoms with Crippen molar-refractivity contribution in [1.82, 2.24) is 4.90 Å². The summed E-state index contributed by atoms with van der Waals surface area (Å²) in [5.41, 5.74) is 0. The van der Waals surface area contributed by atoms with Crippen LogP contribution in [0.15, 0.2) is 12.2 Å². The third-order valence-corrected chi connectivity index (χ3v) is 4.91. The number of nitrogens with zero attached hydrogens (tertiary/aromatic N) is 1. The molecule has 1 aliphatic carbocycles. The largest absolute Gasteiger partial charge is 0.481 e. The molecule has 0 aromatic heterocycles. The van der Waals surface area contributed by atoms with Gasteiger partial charge in [-0.1, -0.05) is 12.2 Å². The Balaban J connectivity index is 1.96. The van der Waals surface area contributed by atoms with Crippen LogP contribution in [0.1, 0.15) is 39.0 Å². The molecule has 1 saturated heterocycles. The number of carbonyl (C=O) groups is 2. The highest BCUT2D eigenvalue weighted by Gasteiger charge is 2.46. The maximum absolute atomic E-state index is 11.4. The first-order chi connectivity index (χ1) is 12.0. The lowest BCUT2D eigenvalue weighted by atomic mass is 9.94. The standard InChI is InChI=1S/C18H29NO6/c1-13(20)25-16-12-15(21)18(19-8-10-24-11-9-19)14(16)6-4-2-3-5-7-17(22)23/h2,4,14-16,18,21H,3,5-12H2,1H3,(H,22,23)/b4-2-/t14-,15+,16-,18+/m0/s1. The second kappa shape index (κ2) is 9.89. The molecule has 1 aliphatic heterocycles. The smallest absolute Gasteiger partial charge is 0.303 e. The number of carboxylic acid groups (broad SMARTS) is 1. The fourth-order valence-corrected chi connectivity index (χ4v) is 3.83. The predicted octanol–water partition coefficient (Wildman–Crippen LogP) is 1.20. The number of carboxylic acids is 1. The van der Waals surface area contributed by atoms with Crippen LogP contribution < -0.4 is 0 Å². The number of hydrogen-bond donors (Lipinski definition) is 2. The van der Waals surface area contributed by atoms with Gasteiger partial charge in [-0.05, 0) is 19.3 Å². The van der Waals surface area contributed by atoms with Gasteiger partial charge in [0, 0.05) is 44.8 Å². The van der Waals surface area contributed by atoms with Crippen molar-refractivity contribution in [2.24, 2.45) is 5.92 Å². The van der Waals surface area contributed by atoms with Crippen LogP contribution in [0.5, 0.6) is 0 Å². The Morgan fingerprint density at radius 2 is 2.00 bits per heavy atom. The highest BCUT2D eigenvalue weighted by Crippen LogP contribution is 2.36. The zero-order chi connectivity index (χ0) is 18.2. The topological polar surface area (TPSA) is 96.3 Å². The zero-order valence-electron chi connectivity index (χ0n) is 14.8. The summed E-state index contributed by atoms with van der Waals surface area (Å²) in [5, 5.41) is 19.2. The van der Waals surface area contributed by atoms with Crippen LogP contribution in [0.25, 0.3) is 0 Å². The molecule has 142 valence electrons. The van der Waals surface area contributed by atoms with Gasteiger partial charge in [0.2, 0.25) is 0 Å². The summed E-state index contributed by atoms with van der Waals surface area (Å²) in [6.07, 6.45) is 5.84. The third kappa shape index (κ3) is 6.09. The minimum Gasteiger partial charge on any atom is -0.481 e. The van der Waals surface area contributed by atoms with E-state index in [1.54, 1.807) is 0 Å². The molecule has 25 heavy (non-hydrogen) atoms. The fraction of sp³-hybridized carbons (Fsp3) is 0.778. The number of carbonyl (C=O) groups excluding carboxylic acids is 1. The molecule has 0 bridgehead atoms. The molecule has 1 heterocycles. The number of aliphatic carboxylic acids is 1. The highest BCUT2D eigenvalue weighted by atomic mass is 16.5. The first kappa shape index (κ1) is 19.9. The Hall–Kier alpha value is -1.44. The number of esters is 1. The molecule has 0 spiro atoms. The maximum Gasteiger partial charge on any atom is 0.303 e. The Morgan fingerprint density at radius 1 is 1.28 bits per heavy atom. The normalized spacial score (nSPS) is 30.6. The van der Waals surface area contributed by atoms with Crippen LogP contribution >= 0.6 is 0 Å². The van der Waals surface area contributed by atoms with Gasteiger partial charge in [-0.25, -0.2) is 0 Å². The van der Waals surface area contributed by atoms with E-state index in [-0.39, 0.29) is 30.5 Å². The van der Waals surface area contributed by atoms with Crippen LogP contribution in [-0.2, 0) is 19.1 Å². The Kier molecular flexibility index (Phi) is 7.87. The van der Waals surface area contributed by atoms with Gasteiger partial charge >= 0.3 is 11.9 Å². The van der Waals surface area contributed by atoms with Crippen molar-refractivity contribution in [3.05, 3.63) is 12.2 Å². The predicted molar refractivity (Wildman–Crippen MR) is 91.1 cm³/mol. The van der Waals surface area contributed by atoms with Gasteiger partial charge in [0.15, 0.2) is 0 Å². The van der Waals surface area contributed by atoms with Crippen molar-refractivity contribution >= 4 is 11.9 Å². The van der Waals surface area contributed by atoms with Crippen LogP contribution in [0.4, 0.5) is 0 Å². The van der Waals surface area contributed by atoms with E-state index < -0.39 is 12.1 Å². The van der Waals surface area contributed by atoms with E-state index in [1.807, 2.05) is 12.2 Å². The molecule has 0 radical (unpaired) electrons. The molecular formula is C18H29NO6. The summed E-state index contributed by atoms with van der Waals surface area (Å²) in [6.45, 7) is 4.24. The van der Waals surface area contributed by atoms with Crippen molar-refractivity contribution < 1.29 is 29.3 Å².